The van der Waals surface area contributed by atoms with E-state index in [-0.39, 0.29) is 18.2 Å². The molecule has 0 aromatic heterocycles. The van der Waals surface area contributed by atoms with Gasteiger partial charge in [-0.05, 0) is 68.0 Å². The Morgan fingerprint density at radius 2 is 1.79 bits per heavy atom. The maximum atomic E-state index is 14.3. The Hall–Kier alpha value is -2.13. The number of hydrogen-bond donors (Lipinski definition) is 2. The first-order valence-corrected chi connectivity index (χ1v) is 15.2. The Bertz CT molecular complexity index is 1300. The van der Waals surface area contributed by atoms with Gasteiger partial charge in [0.05, 0.1) is 23.1 Å². The Kier molecular flexibility index (Phi) is 8.48. The predicted octanol–water partition coefficient (Wildman–Crippen LogP) is 5.78. The third-order valence-electron chi connectivity index (χ3n) is 7.80. The molecule has 7 nitrogen and oxygen atoms in total. The van der Waals surface area contributed by atoms with E-state index in [1.807, 2.05) is 37.3 Å². The summed E-state index contributed by atoms with van der Waals surface area (Å²) in [5, 5.41) is 10.5. The highest BCUT2D eigenvalue weighted by Crippen LogP contribution is 2.52. The minimum atomic E-state index is -3.52. The normalized spacial score (nSPS) is 25.7. The average molecular weight is 582 g/mol. The van der Waals surface area contributed by atoms with Crippen LogP contribution in [-0.2, 0) is 19.6 Å². The number of carboxylic acids is 1. The molecule has 1 heterocycles. The highest BCUT2D eigenvalue weighted by Gasteiger charge is 2.53. The standard InChI is InChI=1S/C28H34Cl2N2O5S/c1-4-24(17(2)31-38(36,37)22-12-13-22)32-26(18-8-10-20(29)11-9-18)23(19-6-5-7-21(30)14-19)15-28(3,27(32)35)16-25(33)34/h5-11,14,17,22-24,26,31H,4,12-13,15-16H2,1-3H3,(H,33,34)/t17?,23-,24+,26?,28-/m1/s1. The summed E-state index contributed by atoms with van der Waals surface area (Å²) in [4.78, 5) is 28.0. The molecule has 2 aliphatic rings. The first-order chi connectivity index (χ1) is 17.9. The van der Waals surface area contributed by atoms with E-state index >= 15 is 0 Å². The molecule has 1 aliphatic heterocycles. The zero-order valence-electron chi connectivity index (χ0n) is 21.7. The maximum absolute atomic E-state index is 14.3. The van der Waals surface area contributed by atoms with Gasteiger partial charge < -0.3 is 10.0 Å². The van der Waals surface area contributed by atoms with Crippen molar-refractivity contribution < 1.29 is 23.1 Å². The quantitative estimate of drug-likeness (QED) is 0.370. The van der Waals surface area contributed by atoms with E-state index in [0.29, 0.717) is 35.7 Å². The topological polar surface area (TPSA) is 104 Å². The number of carbonyl (C=O) groups excluding carboxylic acids is 1. The number of halogens is 2. The highest BCUT2D eigenvalue weighted by atomic mass is 35.5. The zero-order valence-corrected chi connectivity index (χ0v) is 24.1. The number of carbonyl (C=O) groups is 2. The smallest absolute Gasteiger partial charge is 0.304 e. The minimum absolute atomic E-state index is 0.293. The molecule has 2 aromatic carbocycles. The van der Waals surface area contributed by atoms with Crippen molar-refractivity contribution >= 4 is 45.1 Å². The molecule has 0 bridgehead atoms. The van der Waals surface area contributed by atoms with E-state index in [4.69, 9.17) is 23.2 Å². The molecule has 2 aromatic rings. The first-order valence-electron chi connectivity index (χ1n) is 12.9. The summed E-state index contributed by atoms with van der Waals surface area (Å²) < 4.78 is 28.5. The molecule has 1 aliphatic carbocycles. The van der Waals surface area contributed by atoms with Gasteiger partial charge >= 0.3 is 5.97 Å². The van der Waals surface area contributed by atoms with Gasteiger partial charge in [-0.25, -0.2) is 13.1 Å². The summed E-state index contributed by atoms with van der Waals surface area (Å²) in [5.74, 6) is -1.66. The van der Waals surface area contributed by atoms with Crippen LogP contribution in [0.15, 0.2) is 48.5 Å². The van der Waals surface area contributed by atoms with Gasteiger partial charge in [-0.1, -0.05) is 61.3 Å². The van der Waals surface area contributed by atoms with Crippen molar-refractivity contribution in [1.82, 2.24) is 9.62 Å². The summed E-state index contributed by atoms with van der Waals surface area (Å²) in [5.41, 5.74) is 0.512. The Balaban J connectivity index is 1.87. The van der Waals surface area contributed by atoms with E-state index in [9.17, 15) is 23.1 Å². The molecule has 2 unspecified atom stereocenters. The van der Waals surface area contributed by atoms with E-state index in [1.165, 1.54) is 0 Å². The average Bonchev–Trinajstić information content (AvgIpc) is 3.68. The molecular formula is C28H34Cl2N2O5S. The number of nitrogens with one attached hydrogen (secondary N) is 1. The lowest BCUT2D eigenvalue weighted by atomic mass is 9.66. The fourth-order valence-electron chi connectivity index (χ4n) is 5.85. The van der Waals surface area contributed by atoms with Gasteiger partial charge in [-0.3, -0.25) is 9.59 Å². The number of nitrogens with zero attached hydrogens (tertiary/aromatic N) is 1. The first kappa shape index (κ1) is 28.9. The largest absolute Gasteiger partial charge is 0.481 e. The lowest BCUT2D eigenvalue weighted by Gasteiger charge is -2.53. The van der Waals surface area contributed by atoms with E-state index in [1.54, 1.807) is 36.9 Å². The second kappa shape index (κ2) is 11.2. The lowest BCUT2D eigenvalue weighted by Crippen LogP contribution is -2.60. The number of rotatable bonds is 10. The van der Waals surface area contributed by atoms with Crippen molar-refractivity contribution in [2.75, 3.05) is 0 Å². The molecule has 2 fully saturated rings. The third kappa shape index (κ3) is 6.03. The third-order valence-corrected chi connectivity index (χ3v) is 10.3. The molecular weight excluding hydrogens is 547 g/mol. The predicted molar refractivity (Wildman–Crippen MR) is 149 cm³/mol. The van der Waals surface area contributed by atoms with Crippen LogP contribution < -0.4 is 4.72 Å². The van der Waals surface area contributed by atoms with Crippen LogP contribution in [0.3, 0.4) is 0 Å². The fourth-order valence-corrected chi connectivity index (χ4v) is 7.80. The Morgan fingerprint density at radius 1 is 1.13 bits per heavy atom. The van der Waals surface area contributed by atoms with Crippen LogP contribution in [0.2, 0.25) is 10.0 Å². The number of amides is 1. The van der Waals surface area contributed by atoms with Crippen LogP contribution in [0.1, 0.15) is 76.0 Å². The second-order valence-corrected chi connectivity index (χ2v) is 13.7. The monoisotopic (exact) mass is 580 g/mol. The molecule has 4 rings (SSSR count). The molecule has 5 atom stereocenters. The number of carboxylic acid groups (broad SMARTS) is 1. The van der Waals surface area contributed by atoms with Crippen LogP contribution >= 0.6 is 23.2 Å². The molecule has 0 radical (unpaired) electrons. The van der Waals surface area contributed by atoms with E-state index in [0.717, 1.165) is 11.1 Å². The van der Waals surface area contributed by atoms with Crippen molar-refractivity contribution in [2.24, 2.45) is 5.41 Å². The minimum Gasteiger partial charge on any atom is -0.481 e. The fraction of sp³-hybridized carbons (Fsp3) is 0.500. The van der Waals surface area contributed by atoms with Gasteiger partial charge in [0.15, 0.2) is 0 Å². The van der Waals surface area contributed by atoms with Gasteiger partial charge in [0.1, 0.15) is 0 Å². The maximum Gasteiger partial charge on any atom is 0.304 e. The zero-order chi connectivity index (χ0) is 27.8. The molecule has 10 heteroatoms. The number of piperidine rings is 1. The number of benzene rings is 2. The van der Waals surface area contributed by atoms with Gasteiger partial charge in [-0.15, -0.1) is 0 Å². The van der Waals surface area contributed by atoms with Gasteiger partial charge in [0.25, 0.3) is 0 Å². The van der Waals surface area contributed by atoms with Crippen molar-refractivity contribution in [3.05, 3.63) is 69.7 Å². The van der Waals surface area contributed by atoms with Crippen molar-refractivity contribution in [2.45, 2.75) is 82.2 Å². The summed E-state index contributed by atoms with van der Waals surface area (Å²) in [6.45, 7) is 5.38. The molecule has 0 spiro atoms. The summed E-state index contributed by atoms with van der Waals surface area (Å²) >= 11 is 12.6. The van der Waals surface area contributed by atoms with Gasteiger partial charge in [0, 0.05) is 28.0 Å². The number of hydrogen-bond acceptors (Lipinski definition) is 4. The molecule has 1 amide bonds. The molecule has 1 saturated carbocycles. The number of sulfonamides is 1. The summed E-state index contributed by atoms with van der Waals surface area (Å²) in [6, 6.07) is 13.1. The van der Waals surface area contributed by atoms with Crippen LogP contribution in [0.25, 0.3) is 0 Å². The Morgan fingerprint density at radius 3 is 2.34 bits per heavy atom. The Labute approximate surface area is 234 Å². The second-order valence-electron chi connectivity index (χ2n) is 10.8. The van der Waals surface area contributed by atoms with Gasteiger partial charge in [-0.2, -0.15) is 0 Å². The number of aliphatic carboxylic acids is 1. The van der Waals surface area contributed by atoms with Crippen LogP contribution in [-0.4, -0.2) is 47.6 Å². The molecule has 206 valence electrons. The van der Waals surface area contributed by atoms with Crippen LogP contribution in [0.5, 0.6) is 0 Å². The van der Waals surface area contributed by atoms with Crippen molar-refractivity contribution in [1.29, 1.82) is 0 Å². The van der Waals surface area contributed by atoms with E-state index in [2.05, 4.69) is 4.72 Å². The lowest BCUT2D eigenvalue weighted by molar-refractivity contribution is -0.161. The van der Waals surface area contributed by atoms with Crippen molar-refractivity contribution in [3.63, 3.8) is 0 Å². The number of likely N-dealkylation sites (tertiary alicyclic amines) is 1. The molecule has 38 heavy (non-hydrogen) atoms. The SMILES string of the molecule is CC[C@@H](C(C)NS(=O)(=O)C1CC1)N1C(=O)[C@@](C)(CC(=O)O)C[C@H](c2cccc(Cl)c2)C1c1ccc(Cl)cc1. The summed E-state index contributed by atoms with van der Waals surface area (Å²) in [7, 11) is -3.52. The van der Waals surface area contributed by atoms with E-state index < -0.39 is 44.8 Å². The summed E-state index contributed by atoms with van der Waals surface area (Å²) in [6.07, 6.45) is 1.67. The highest BCUT2D eigenvalue weighted by molar-refractivity contribution is 7.90. The van der Waals surface area contributed by atoms with Gasteiger partial charge in [0.2, 0.25) is 15.9 Å². The molecule has 2 N–H and O–H groups in total. The molecule has 1 saturated heterocycles. The van der Waals surface area contributed by atoms with Crippen LogP contribution in [0.4, 0.5) is 0 Å². The van der Waals surface area contributed by atoms with Crippen LogP contribution in [0, 0.1) is 5.41 Å². The van der Waals surface area contributed by atoms with Crippen molar-refractivity contribution in [3.8, 4) is 0 Å².